The zero-order valence-corrected chi connectivity index (χ0v) is 13.9. The number of ketones is 1. The molecule has 0 radical (unpaired) electrons. The quantitative estimate of drug-likeness (QED) is 0.870. The van der Waals surface area contributed by atoms with Crippen LogP contribution in [0.15, 0.2) is 36.5 Å². The van der Waals surface area contributed by atoms with Gasteiger partial charge >= 0.3 is 0 Å². The van der Waals surface area contributed by atoms with Crippen LogP contribution >= 0.6 is 23.7 Å². The molecule has 0 atom stereocenters. The number of hydrogen-bond donors (Lipinski definition) is 1. The monoisotopic (exact) mass is 337 g/mol. The number of rotatable bonds is 4. The molecule has 0 amide bonds. The Bertz CT molecular complexity index is 609. The first-order valence-corrected chi connectivity index (χ1v) is 8.06. The van der Waals surface area contributed by atoms with Crippen molar-refractivity contribution in [3.8, 4) is 0 Å². The van der Waals surface area contributed by atoms with Gasteiger partial charge in [-0.1, -0.05) is 30.3 Å². The largest absolute Gasteiger partial charge is 0.375 e. The molecule has 118 valence electrons. The smallest absolute Gasteiger partial charge is 0.180 e. The van der Waals surface area contributed by atoms with E-state index in [1.54, 1.807) is 11.3 Å². The lowest BCUT2D eigenvalue weighted by Crippen LogP contribution is -2.35. The Hall–Kier alpha value is -1.43. The molecule has 0 unspecified atom stereocenters. The van der Waals surface area contributed by atoms with E-state index in [1.165, 1.54) is 4.88 Å². The minimum absolute atomic E-state index is 0. The van der Waals surface area contributed by atoms with Gasteiger partial charge < -0.3 is 5.73 Å². The molecule has 1 saturated heterocycles. The number of likely N-dealkylation sites (tertiary alicyclic amines) is 1. The molecule has 1 aliphatic rings. The molecule has 6 heteroatoms. The minimum atomic E-state index is 0. The summed E-state index contributed by atoms with van der Waals surface area (Å²) >= 11 is 1.54. The maximum Gasteiger partial charge on any atom is 0.180 e. The van der Waals surface area contributed by atoms with Crippen molar-refractivity contribution in [3.05, 3.63) is 47.0 Å². The summed E-state index contributed by atoms with van der Waals surface area (Å²) in [6, 6.07) is 9.62. The molecule has 22 heavy (non-hydrogen) atoms. The van der Waals surface area contributed by atoms with Gasteiger partial charge in [-0.15, -0.1) is 23.7 Å². The molecule has 1 aromatic heterocycles. The maximum absolute atomic E-state index is 12.4. The van der Waals surface area contributed by atoms with Gasteiger partial charge in [-0.2, -0.15) is 0 Å². The number of hydrogen-bond acceptors (Lipinski definition) is 5. The summed E-state index contributed by atoms with van der Waals surface area (Å²) in [6.45, 7) is 2.81. The number of thiazole rings is 1. The molecule has 1 aromatic carbocycles. The standard InChI is InChI=1S/C16H19N3OS.ClH/c17-16-18-10-14(21-16)11-19-8-6-13(7-9-19)15(20)12-4-2-1-3-5-12;/h1-5,10,13H,6-9,11H2,(H2,17,18);1H. The molecular weight excluding hydrogens is 318 g/mol. The number of nitrogens with two attached hydrogens (primary N) is 1. The van der Waals surface area contributed by atoms with E-state index in [0.29, 0.717) is 5.13 Å². The van der Waals surface area contributed by atoms with Crippen LogP contribution in [0.25, 0.3) is 0 Å². The molecule has 3 rings (SSSR count). The van der Waals surface area contributed by atoms with Gasteiger partial charge in [0.15, 0.2) is 10.9 Å². The van der Waals surface area contributed by atoms with Crippen LogP contribution in [0.1, 0.15) is 28.1 Å². The topological polar surface area (TPSA) is 59.2 Å². The molecule has 0 bridgehead atoms. The SMILES string of the molecule is Cl.Nc1ncc(CN2CCC(C(=O)c3ccccc3)CC2)s1. The zero-order chi connectivity index (χ0) is 14.7. The van der Waals surface area contributed by atoms with Gasteiger partial charge in [0.2, 0.25) is 0 Å². The highest BCUT2D eigenvalue weighted by atomic mass is 35.5. The number of nitrogens with zero attached hydrogens (tertiary/aromatic N) is 2. The van der Waals surface area contributed by atoms with E-state index in [9.17, 15) is 4.79 Å². The zero-order valence-electron chi connectivity index (χ0n) is 12.3. The molecule has 2 heterocycles. The van der Waals surface area contributed by atoms with E-state index in [-0.39, 0.29) is 24.1 Å². The third-order valence-electron chi connectivity index (χ3n) is 3.97. The summed E-state index contributed by atoms with van der Waals surface area (Å²) in [4.78, 5) is 20.1. The van der Waals surface area contributed by atoms with Crippen LogP contribution < -0.4 is 5.73 Å². The number of anilines is 1. The summed E-state index contributed by atoms with van der Waals surface area (Å²) in [6.07, 6.45) is 3.71. The van der Waals surface area contributed by atoms with Crippen LogP contribution in [0, 0.1) is 5.92 Å². The Labute approximate surface area is 140 Å². The van der Waals surface area contributed by atoms with Crippen LogP contribution in [0.2, 0.25) is 0 Å². The Morgan fingerprint density at radius 1 is 1.27 bits per heavy atom. The fourth-order valence-corrected chi connectivity index (χ4v) is 3.53. The van der Waals surface area contributed by atoms with Gasteiger partial charge in [-0.25, -0.2) is 4.98 Å². The van der Waals surface area contributed by atoms with Gasteiger partial charge in [0, 0.05) is 29.1 Å². The summed E-state index contributed by atoms with van der Waals surface area (Å²) in [7, 11) is 0. The van der Waals surface area contributed by atoms with Gasteiger partial charge in [0.1, 0.15) is 0 Å². The van der Waals surface area contributed by atoms with Crippen molar-refractivity contribution in [3.63, 3.8) is 0 Å². The molecule has 2 aromatic rings. The van der Waals surface area contributed by atoms with Crippen molar-refractivity contribution >= 4 is 34.7 Å². The van der Waals surface area contributed by atoms with Crippen molar-refractivity contribution in [2.45, 2.75) is 19.4 Å². The van der Waals surface area contributed by atoms with Crippen molar-refractivity contribution < 1.29 is 4.79 Å². The number of benzene rings is 1. The average molecular weight is 338 g/mol. The highest BCUT2D eigenvalue weighted by Gasteiger charge is 2.25. The third-order valence-corrected chi connectivity index (χ3v) is 4.78. The van der Waals surface area contributed by atoms with E-state index in [0.717, 1.165) is 38.0 Å². The Kier molecular flexibility index (Phi) is 5.94. The number of halogens is 1. The van der Waals surface area contributed by atoms with Crippen LogP contribution in [0.4, 0.5) is 5.13 Å². The third kappa shape index (κ3) is 4.06. The average Bonchev–Trinajstić information content (AvgIpc) is 2.93. The van der Waals surface area contributed by atoms with Gasteiger partial charge in [0.25, 0.3) is 0 Å². The molecule has 2 N–H and O–H groups in total. The molecule has 0 spiro atoms. The van der Waals surface area contributed by atoms with Crippen molar-refractivity contribution in [2.24, 2.45) is 5.92 Å². The lowest BCUT2D eigenvalue weighted by molar-refractivity contribution is 0.0835. The summed E-state index contributed by atoms with van der Waals surface area (Å²) in [5.41, 5.74) is 6.49. The molecule has 4 nitrogen and oxygen atoms in total. The Morgan fingerprint density at radius 3 is 2.55 bits per heavy atom. The molecular formula is C16H20ClN3OS. The normalized spacial score (nSPS) is 16.2. The van der Waals surface area contributed by atoms with Crippen molar-refractivity contribution in [1.29, 1.82) is 0 Å². The predicted octanol–water partition coefficient (Wildman–Crippen LogP) is 3.24. The van der Waals surface area contributed by atoms with E-state index < -0.39 is 0 Å². The van der Waals surface area contributed by atoms with Crippen molar-refractivity contribution in [2.75, 3.05) is 18.8 Å². The van der Waals surface area contributed by atoms with E-state index in [1.807, 2.05) is 36.5 Å². The van der Waals surface area contributed by atoms with E-state index in [2.05, 4.69) is 9.88 Å². The van der Waals surface area contributed by atoms with Gasteiger partial charge in [-0.3, -0.25) is 9.69 Å². The van der Waals surface area contributed by atoms with Crippen LogP contribution in [-0.4, -0.2) is 28.8 Å². The molecule has 1 fully saturated rings. The molecule has 0 aliphatic carbocycles. The van der Waals surface area contributed by atoms with Crippen LogP contribution in [0.3, 0.4) is 0 Å². The maximum atomic E-state index is 12.4. The van der Waals surface area contributed by atoms with Gasteiger partial charge in [-0.05, 0) is 25.9 Å². The van der Waals surface area contributed by atoms with Crippen molar-refractivity contribution in [1.82, 2.24) is 9.88 Å². The first-order valence-electron chi connectivity index (χ1n) is 7.24. The first kappa shape index (κ1) is 16.9. The van der Waals surface area contributed by atoms with Gasteiger partial charge in [0.05, 0.1) is 0 Å². The summed E-state index contributed by atoms with van der Waals surface area (Å²) < 4.78 is 0. The van der Waals surface area contributed by atoms with E-state index >= 15 is 0 Å². The first-order chi connectivity index (χ1) is 10.2. The lowest BCUT2D eigenvalue weighted by Gasteiger charge is -2.30. The number of nitrogen functional groups attached to an aromatic ring is 1. The Balaban J connectivity index is 0.00000176. The summed E-state index contributed by atoms with van der Waals surface area (Å²) in [5, 5.41) is 0.624. The number of aromatic nitrogens is 1. The number of carbonyl (C=O) groups excluding carboxylic acids is 1. The predicted molar refractivity (Wildman–Crippen MR) is 92.5 cm³/mol. The Morgan fingerprint density at radius 2 is 1.95 bits per heavy atom. The van der Waals surface area contributed by atoms with Crippen LogP contribution in [0.5, 0.6) is 0 Å². The number of piperidine rings is 1. The number of Topliss-reactive ketones (excluding diaryl/α,β-unsaturated/α-hetero) is 1. The van der Waals surface area contributed by atoms with E-state index in [4.69, 9.17) is 5.73 Å². The fraction of sp³-hybridized carbons (Fsp3) is 0.375. The highest BCUT2D eigenvalue weighted by Crippen LogP contribution is 2.24. The number of carbonyl (C=O) groups is 1. The minimum Gasteiger partial charge on any atom is -0.375 e. The lowest BCUT2D eigenvalue weighted by atomic mass is 9.89. The summed E-state index contributed by atoms with van der Waals surface area (Å²) in [5.74, 6) is 0.451. The second-order valence-corrected chi connectivity index (χ2v) is 6.59. The molecule has 1 aliphatic heterocycles. The van der Waals surface area contributed by atoms with Crippen LogP contribution in [-0.2, 0) is 6.54 Å². The highest BCUT2D eigenvalue weighted by molar-refractivity contribution is 7.15. The second-order valence-electron chi connectivity index (χ2n) is 5.45. The fourth-order valence-electron chi connectivity index (χ4n) is 2.81. The molecule has 0 saturated carbocycles. The second kappa shape index (κ2) is 7.72.